The van der Waals surface area contributed by atoms with Crippen molar-refractivity contribution in [2.24, 2.45) is 0 Å². The number of rotatable bonds is 5. The number of fused-ring (bicyclic) bond motifs is 1. The molecule has 2 heterocycles. The molecule has 0 aliphatic heterocycles. The van der Waals surface area contributed by atoms with E-state index in [4.69, 9.17) is 0 Å². The zero-order chi connectivity index (χ0) is 19.6. The van der Waals surface area contributed by atoms with Gasteiger partial charge in [0, 0.05) is 27.9 Å². The molecule has 0 aliphatic carbocycles. The lowest BCUT2D eigenvalue weighted by Gasteiger charge is -2.10. The molecule has 0 atom stereocenters. The topological polar surface area (TPSA) is 110 Å². The average Bonchev–Trinajstić information content (AvgIpc) is 2.69. The summed E-state index contributed by atoms with van der Waals surface area (Å²) in [5.41, 5.74) is 1.49. The first kappa shape index (κ1) is 18.3. The minimum absolute atomic E-state index is 0.0164. The molecule has 0 bridgehead atoms. The second-order valence-corrected chi connectivity index (χ2v) is 8.31. The third-order valence-corrected chi connectivity index (χ3v) is 5.65. The van der Waals surface area contributed by atoms with E-state index >= 15 is 0 Å². The Hall–Kier alpha value is -3.11. The van der Waals surface area contributed by atoms with Gasteiger partial charge in [0.2, 0.25) is 5.95 Å². The van der Waals surface area contributed by atoms with Gasteiger partial charge in [-0.3, -0.25) is 0 Å². The number of hydrogen-bond acceptors (Lipinski definition) is 7. The van der Waals surface area contributed by atoms with Crippen LogP contribution in [0.2, 0.25) is 0 Å². The number of benzene rings is 2. The van der Waals surface area contributed by atoms with E-state index in [1.807, 2.05) is 18.2 Å². The van der Waals surface area contributed by atoms with Crippen molar-refractivity contribution in [1.82, 2.24) is 19.9 Å². The molecular weight excluding hydrogens is 444 g/mol. The molecular formula is C18H13BrN6O2S. The highest BCUT2D eigenvalue weighted by Gasteiger charge is 2.15. The third-order valence-electron chi connectivity index (χ3n) is 3.82. The Labute approximate surface area is 169 Å². The number of sulfonamides is 1. The second kappa shape index (κ2) is 7.49. The van der Waals surface area contributed by atoms with Gasteiger partial charge in [-0.25, -0.2) is 33.1 Å². The Morgan fingerprint density at radius 1 is 0.893 bits per heavy atom. The molecule has 0 aliphatic rings. The lowest BCUT2D eigenvalue weighted by Crippen LogP contribution is -2.14. The second-order valence-electron chi connectivity index (χ2n) is 5.71. The molecule has 10 heteroatoms. The maximum atomic E-state index is 12.4. The van der Waals surface area contributed by atoms with Crippen molar-refractivity contribution in [1.29, 1.82) is 0 Å². The fraction of sp³-hybridized carbons (Fsp3) is 0. The van der Waals surface area contributed by atoms with Crippen molar-refractivity contribution >= 4 is 54.3 Å². The molecule has 0 spiro atoms. The minimum atomic E-state index is -3.78. The molecule has 4 aromatic rings. The molecule has 8 nitrogen and oxygen atoms in total. The largest absolute Gasteiger partial charge is 0.340 e. The molecule has 0 amide bonds. The summed E-state index contributed by atoms with van der Waals surface area (Å²) < 4.78 is 28.1. The lowest BCUT2D eigenvalue weighted by atomic mass is 10.2. The summed E-state index contributed by atoms with van der Waals surface area (Å²) in [6.07, 6.45) is 4.39. The zero-order valence-corrected chi connectivity index (χ0v) is 16.6. The molecule has 0 unspecified atom stereocenters. The van der Waals surface area contributed by atoms with E-state index in [2.05, 4.69) is 45.9 Å². The Kier molecular flexibility index (Phi) is 4.88. The number of anilines is 3. The smallest absolute Gasteiger partial charge is 0.264 e. The van der Waals surface area contributed by atoms with Gasteiger partial charge in [0.1, 0.15) is 12.1 Å². The van der Waals surface area contributed by atoms with E-state index in [1.165, 1.54) is 30.9 Å². The number of nitrogens with one attached hydrogen (secondary N) is 2. The van der Waals surface area contributed by atoms with E-state index in [-0.39, 0.29) is 10.8 Å². The average molecular weight is 457 g/mol. The van der Waals surface area contributed by atoms with Crippen LogP contribution in [0.4, 0.5) is 17.5 Å². The number of hydrogen-bond donors (Lipinski definition) is 2. The van der Waals surface area contributed by atoms with Crippen LogP contribution in [0.1, 0.15) is 0 Å². The van der Waals surface area contributed by atoms with Gasteiger partial charge in [-0.1, -0.05) is 15.9 Å². The normalized spacial score (nSPS) is 11.3. The molecule has 28 heavy (non-hydrogen) atoms. The van der Waals surface area contributed by atoms with E-state index in [1.54, 1.807) is 18.2 Å². The maximum absolute atomic E-state index is 12.4. The molecule has 0 radical (unpaired) electrons. The predicted molar refractivity (Wildman–Crippen MR) is 110 cm³/mol. The van der Waals surface area contributed by atoms with Crippen molar-refractivity contribution < 1.29 is 8.42 Å². The van der Waals surface area contributed by atoms with Gasteiger partial charge in [0.05, 0.1) is 10.4 Å². The van der Waals surface area contributed by atoms with Crippen molar-refractivity contribution in [3.63, 3.8) is 0 Å². The van der Waals surface area contributed by atoms with Crippen LogP contribution in [0.25, 0.3) is 10.9 Å². The third kappa shape index (κ3) is 3.92. The highest BCUT2D eigenvalue weighted by Crippen LogP contribution is 2.26. The monoisotopic (exact) mass is 456 g/mol. The zero-order valence-electron chi connectivity index (χ0n) is 14.2. The van der Waals surface area contributed by atoms with Crippen molar-refractivity contribution in [2.45, 2.75) is 4.90 Å². The molecule has 140 valence electrons. The summed E-state index contributed by atoms with van der Waals surface area (Å²) in [5.74, 6) is 0.639. The van der Waals surface area contributed by atoms with E-state index < -0.39 is 10.0 Å². The van der Waals surface area contributed by atoms with Gasteiger partial charge in [0.15, 0.2) is 0 Å². The van der Waals surface area contributed by atoms with Crippen LogP contribution in [-0.4, -0.2) is 28.4 Å². The van der Waals surface area contributed by atoms with Crippen LogP contribution in [-0.2, 0) is 10.0 Å². The van der Waals surface area contributed by atoms with Crippen molar-refractivity contribution in [3.05, 3.63) is 71.7 Å². The summed E-state index contributed by atoms with van der Waals surface area (Å²) in [6, 6.07) is 13.6. The van der Waals surface area contributed by atoms with Crippen LogP contribution >= 0.6 is 15.9 Å². The Balaban J connectivity index is 1.58. The first-order valence-corrected chi connectivity index (χ1v) is 10.4. The Morgan fingerprint density at radius 2 is 1.64 bits per heavy atom. The maximum Gasteiger partial charge on any atom is 0.264 e. The Morgan fingerprint density at radius 3 is 2.39 bits per heavy atom. The Bertz CT molecular complexity index is 1230. The number of aromatic nitrogens is 4. The lowest BCUT2D eigenvalue weighted by molar-refractivity contribution is 0.601. The first-order chi connectivity index (χ1) is 13.5. The van der Waals surface area contributed by atoms with Crippen LogP contribution in [0.15, 0.2) is 76.6 Å². The van der Waals surface area contributed by atoms with E-state index in [0.717, 1.165) is 15.4 Å². The fourth-order valence-electron chi connectivity index (χ4n) is 2.51. The van der Waals surface area contributed by atoms with Gasteiger partial charge < -0.3 is 5.32 Å². The van der Waals surface area contributed by atoms with Gasteiger partial charge >= 0.3 is 0 Å². The van der Waals surface area contributed by atoms with Crippen LogP contribution in [0.5, 0.6) is 0 Å². The van der Waals surface area contributed by atoms with Crippen molar-refractivity contribution in [3.8, 4) is 0 Å². The van der Waals surface area contributed by atoms with Crippen molar-refractivity contribution in [2.75, 3.05) is 10.0 Å². The summed E-state index contributed by atoms with van der Waals surface area (Å²) >= 11 is 3.44. The number of halogens is 1. The molecule has 2 aromatic heterocycles. The fourth-order valence-corrected chi connectivity index (χ4v) is 3.83. The number of nitrogens with zero attached hydrogens (tertiary/aromatic N) is 4. The summed E-state index contributed by atoms with van der Waals surface area (Å²) in [6.45, 7) is 0. The summed E-state index contributed by atoms with van der Waals surface area (Å²) in [7, 11) is -3.78. The highest BCUT2D eigenvalue weighted by molar-refractivity contribution is 9.10. The first-order valence-electron chi connectivity index (χ1n) is 8.08. The summed E-state index contributed by atoms with van der Waals surface area (Å²) in [4.78, 5) is 16.4. The standard InChI is InChI=1S/C18H13BrN6O2S/c19-12-2-7-16-15(10-12)17(23-11-22-16)24-13-3-5-14(6-4-13)28(26,27)25-18-20-8-1-9-21-18/h1-11H,(H,20,21,25)(H,22,23,24). The van der Waals surface area contributed by atoms with Crippen LogP contribution < -0.4 is 10.0 Å². The predicted octanol–water partition coefficient (Wildman–Crippen LogP) is 3.73. The van der Waals surface area contributed by atoms with Gasteiger partial charge in [-0.2, -0.15) is 0 Å². The molecule has 0 saturated heterocycles. The highest BCUT2D eigenvalue weighted by atomic mass is 79.9. The van der Waals surface area contributed by atoms with Gasteiger partial charge in [-0.15, -0.1) is 0 Å². The molecule has 0 fully saturated rings. The molecule has 2 N–H and O–H groups in total. The molecule has 4 rings (SSSR count). The van der Waals surface area contributed by atoms with E-state index in [0.29, 0.717) is 11.5 Å². The van der Waals surface area contributed by atoms with E-state index in [9.17, 15) is 8.42 Å². The molecule has 0 saturated carbocycles. The quantitative estimate of drug-likeness (QED) is 0.470. The molecule has 2 aromatic carbocycles. The van der Waals surface area contributed by atoms with Gasteiger partial charge in [0.25, 0.3) is 10.0 Å². The minimum Gasteiger partial charge on any atom is -0.340 e. The van der Waals surface area contributed by atoms with Crippen LogP contribution in [0.3, 0.4) is 0 Å². The SMILES string of the molecule is O=S(=O)(Nc1ncccn1)c1ccc(Nc2ncnc3ccc(Br)cc23)cc1. The van der Waals surface area contributed by atoms with Crippen LogP contribution in [0, 0.1) is 0 Å². The van der Waals surface area contributed by atoms with Gasteiger partial charge in [-0.05, 0) is 48.5 Å². The summed E-state index contributed by atoms with van der Waals surface area (Å²) in [5, 5.41) is 4.03.